The minimum Gasteiger partial charge on any atom is -0.454 e. The summed E-state index contributed by atoms with van der Waals surface area (Å²) in [4.78, 5) is 21.4. The summed E-state index contributed by atoms with van der Waals surface area (Å²) in [5.41, 5.74) is 2.33. The fraction of sp³-hybridized carbons (Fsp3) is 0.304. The quantitative estimate of drug-likeness (QED) is 0.612. The zero-order chi connectivity index (χ0) is 21.9. The molecular formula is C23H23ClN4O4. The van der Waals surface area contributed by atoms with Crippen LogP contribution in [0.4, 0.5) is 5.69 Å². The molecule has 1 saturated heterocycles. The fourth-order valence-electron chi connectivity index (χ4n) is 3.84. The molecule has 1 amide bonds. The third-order valence-electron chi connectivity index (χ3n) is 5.58. The van der Waals surface area contributed by atoms with Crippen LogP contribution in [-0.2, 0) is 13.1 Å². The molecule has 0 atom stereocenters. The summed E-state index contributed by atoms with van der Waals surface area (Å²) in [5, 5.41) is 3.61. The number of benzene rings is 2. The van der Waals surface area contributed by atoms with Crippen LogP contribution in [-0.4, -0.2) is 48.8 Å². The highest BCUT2D eigenvalue weighted by Gasteiger charge is 2.20. The Labute approximate surface area is 190 Å². The van der Waals surface area contributed by atoms with E-state index in [4.69, 9.17) is 25.5 Å². The van der Waals surface area contributed by atoms with E-state index in [1.807, 2.05) is 36.4 Å². The molecule has 3 aromatic rings. The van der Waals surface area contributed by atoms with Crippen molar-refractivity contribution < 1.29 is 18.7 Å². The monoisotopic (exact) mass is 454 g/mol. The molecular weight excluding hydrogens is 432 g/mol. The Bertz CT molecular complexity index is 1110. The van der Waals surface area contributed by atoms with Crippen molar-refractivity contribution in [2.75, 3.05) is 37.9 Å². The normalized spacial score (nSPS) is 15.7. The van der Waals surface area contributed by atoms with Crippen molar-refractivity contribution in [2.24, 2.45) is 0 Å². The maximum absolute atomic E-state index is 12.5. The third kappa shape index (κ3) is 4.66. The first-order chi connectivity index (χ1) is 15.6. The average molecular weight is 455 g/mol. The van der Waals surface area contributed by atoms with Crippen LogP contribution in [0, 0.1) is 0 Å². The highest BCUT2D eigenvalue weighted by molar-refractivity contribution is 6.30. The number of ether oxygens (including phenoxy) is 2. The fourth-order valence-corrected chi connectivity index (χ4v) is 4.02. The molecule has 32 heavy (non-hydrogen) atoms. The minimum atomic E-state index is -0.275. The number of amides is 1. The van der Waals surface area contributed by atoms with E-state index < -0.39 is 0 Å². The number of piperazine rings is 1. The Morgan fingerprint density at radius 2 is 1.91 bits per heavy atom. The van der Waals surface area contributed by atoms with Crippen LogP contribution in [0.3, 0.4) is 0 Å². The third-order valence-corrected chi connectivity index (χ3v) is 5.81. The zero-order valence-electron chi connectivity index (χ0n) is 17.4. The van der Waals surface area contributed by atoms with Gasteiger partial charge in [0.2, 0.25) is 12.7 Å². The van der Waals surface area contributed by atoms with E-state index in [1.165, 1.54) is 6.26 Å². The molecule has 0 unspecified atom stereocenters. The summed E-state index contributed by atoms with van der Waals surface area (Å²) in [6, 6.07) is 13.5. The molecule has 2 aliphatic rings. The van der Waals surface area contributed by atoms with Gasteiger partial charge in [-0.05, 0) is 35.9 Å². The van der Waals surface area contributed by atoms with Gasteiger partial charge in [-0.15, -0.1) is 0 Å². The number of hydrogen-bond donors (Lipinski definition) is 1. The SMILES string of the molecule is O=C(NCc1ccc2c(c1)OCO2)c1coc(CN2CCN(c3cccc(Cl)c3)CC2)n1. The van der Waals surface area contributed by atoms with Crippen LogP contribution in [0.1, 0.15) is 21.9 Å². The van der Waals surface area contributed by atoms with Crippen LogP contribution in [0.25, 0.3) is 0 Å². The number of fused-ring (bicyclic) bond motifs is 1. The van der Waals surface area contributed by atoms with Crippen LogP contribution in [0.15, 0.2) is 53.1 Å². The molecule has 0 radical (unpaired) electrons. The predicted octanol–water partition coefficient (Wildman–Crippen LogP) is 3.31. The number of halogens is 1. The van der Waals surface area contributed by atoms with Crippen molar-refractivity contribution >= 4 is 23.2 Å². The number of nitrogens with one attached hydrogen (secondary N) is 1. The van der Waals surface area contributed by atoms with Crippen molar-refractivity contribution in [1.29, 1.82) is 0 Å². The largest absolute Gasteiger partial charge is 0.454 e. The first-order valence-electron chi connectivity index (χ1n) is 10.5. The van der Waals surface area contributed by atoms with Gasteiger partial charge in [-0.1, -0.05) is 23.7 Å². The molecule has 2 aromatic carbocycles. The second-order valence-corrected chi connectivity index (χ2v) is 8.18. The van der Waals surface area contributed by atoms with Gasteiger partial charge in [0, 0.05) is 43.4 Å². The zero-order valence-corrected chi connectivity index (χ0v) is 18.2. The van der Waals surface area contributed by atoms with E-state index in [0.717, 1.165) is 48.2 Å². The number of aromatic nitrogens is 1. The lowest BCUT2D eigenvalue weighted by atomic mass is 10.2. The Morgan fingerprint density at radius 1 is 1.06 bits per heavy atom. The second-order valence-electron chi connectivity index (χ2n) is 7.74. The average Bonchev–Trinajstić information content (AvgIpc) is 3.47. The van der Waals surface area contributed by atoms with Gasteiger partial charge in [0.15, 0.2) is 17.2 Å². The first-order valence-corrected chi connectivity index (χ1v) is 10.9. The highest BCUT2D eigenvalue weighted by Crippen LogP contribution is 2.32. The maximum Gasteiger partial charge on any atom is 0.273 e. The lowest BCUT2D eigenvalue weighted by molar-refractivity contribution is 0.0945. The van der Waals surface area contributed by atoms with E-state index in [0.29, 0.717) is 24.7 Å². The van der Waals surface area contributed by atoms with Crippen LogP contribution in [0.2, 0.25) is 5.02 Å². The molecule has 9 heteroatoms. The molecule has 1 N–H and O–H groups in total. The van der Waals surface area contributed by atoms with Crippen molar-refractivity contribution in [1.82, 2.24) is 15.2 Å². The molecule has 0 bridgehead atoms. The molecule has 166 valence electrons. The predicted molar refractivity (Wildman–Crippen MR) is 119 cm³/mol. The molecule has 5 rings (SSSR count). The van der Waals surface area contributed by atoms with Crippen LogP contribution < -0.4 is 19.7 Å². The van der Waals surface area contributed by atoms with Crippen molar-refractivity contribution in [3.63, 3.8) is 0 Å². The smallest absolute Gasteiger partial charge is 0.273 e. The summed E-state index contributed by atoms with van der Waals surface area (Å²) < 4.78 is 16.2. The molecule has 0 spiro atoms. The highest BCUT2D eigenvalue weighted by atomic mass is 35.5. The lowest BCUT2D eigenvalue weighted by Crippen LogP contribution is -2.46. The Morgan fingerprint density at radius 3 is 2.75 bits per heavy atom. The topological polar surface area (TPSA) is 80.1 Å². The van der Waals surface area contributed by atoms with Crippen LogP contribution in [0.5, 0.6) is 11.5 Å². The Kier molecular flexibility index (Phi) is 5.87. The number of carbonyl (C=O) groups excluding carboxylic acids is 1. The van der Waals surface area contributed by atoms with Crippen molar-refractivity contribution in [3.05, 3.63) is 70.9 Å². The van der Waals surface area contributed by atoms with Crippen molar-refractivity contribution in [3.8, 4) is 11.5 Å². The van der Waals surface area contributed by atoms with Gasteiger partial charge in [0.1, 0.15) is 6.26 Å². The summed E-state index contributed by atoms with van der Waals surface area (Å²) in [5.74, 6) is 1.67. The number of carbonyl (C=O) groups is 1. The number of anilines is 1. The molecule has 1 aromatic heterocycles. The number of nitrogens with zero attached hydrogens (tertiary/aromatic N) is 3. The van der Waals surface area contributed by atoms with Crippen LogP contribution >= 0.6 is 11.6 Å². The summed E-state index contributed by atoms with van der Waals surface area (Å²) in [6.07, 6.45) is 1.41. The minimum absolute atomic E-state index is 0.225. The number of rotatable bonds is 6. The van der Waals surface area contributed by atoms with E-state index in [9.17, 15) is 4.79 Å². The Hall–Kier alpha value is -3.23. The molecule has 8 nitrogen and oxygen atoms in total. The standard InChI is InChI=1S/C23H23ClN4O4/c24-17-2-1-3-18(11-17)28-8-6-27(7-9-28)13-22-26-19(14-30-22)23(29)25-12-16-4-5-20-21(10-16)32-15-31-20/h1-5,10-11,14H,6-9,12-13,15H2,(H,25,29). The summed E-state index contributed by atoms with van der Waals surface area (Å²) in [7, 11) is 0. The van der Waals surface area contributed by atoms with E-state index >= 15 is 0 Å². The van der Waals surface area contributed by atoms with Gasteiger partial charge in [-0.25, -0.2) is 4.98 Å². The van der Waals surface area contributed by atoms with E-state index in [1.54, 1.807) is 0 Å². The summed E-state index contributed by atoms with van der Waals surface area (Å²) >= 11 is 6.11. The van der Waals surface area contributed by atoms with Gasteiger partial charge in [0.25, 0.3) is 5.91 Å². The Balaban J connectivity index is 1.11. The van der Waals surface area contributed by atoms with E-state index in [-0.39, 0.29) is 18.4 Å². The first kappa shape index (κ1) is 20.7. The number of hydrogen-bond acceptors (Lipinski definition) is 7. The number of oxazole rings is 1. The second kappa shape index (κ2) is 9.10. The lowest BCUT2D eigenvalue weighted by Gasteiger charge is -2.35. The molecule has 1 fully saturated rings. The van der Waals surface area contributed by atoms with Crippen molar-refractivity contribution in [2.45, 2.75) is 13.1 Å². The molecule has 3 heterocycles. The molecule has 0 aliphatic carbocycles. The van der Waals surface area contributed by atoms with Gasteiger partial charge >= 0.3 is 0 Å². The van der Waals surface area contributed by atoms with Gasteiger partial charge in [-0.3, -0.25) is 9.69 Å². The molecule has 2 aliphatic heterocycles. The van der Waals surface area contributed by atoms with Gasteiger partial charge in [0.05, 0.1) is 6.54 Å². The maximum atomic E-state index is 12.5. The van der Waals surface area contributed by atoms with E-state index in [2.05, 4.69) is 26.2 Å². The van der Waals surface area contributed by atoms with Gasteiger partial charge < -0.3 is 24.1 Å². The summed E-state index contributed by atoms with van der Waals surface area (Å²) in [6.45, 7) is 4.69. The van der Waals surface area contributed by atoms with Gasteiger partial charge in [-0.2, -0.15) is 0 Å². The molecule has 0 saturated carbocycles.